The maximum absolute atomic E-state index is 11.3. The van der Waals surface area contributed by atoms with E-state index in [4.69, 9.17) is 0 Å². The van der Waals surface area contributed by atoms with Gasteiger partial charge >= 0.3 is 5.97 Å². The zero-order chi connectivity index (χ0) is 11.3. The number of hydrogen-bond donors (Lipinski definition) is 2. The Kier molecular flexibility index (Phi) is 3.80. The number of carbonyl (C=O) groups is 1. The molecule has 0 saturated carbocycles. The van der Waals surface area contributed by atoms with Crippen molar-refractivity contribution in [1.29, 1.82) is 0 Å². The quantitative estimate of drug-likeness (QED) is 0.758. The number of nitrogens with zero attached hydrogens (tertiary/aromatic N) is 1. The van der Waals surface area contributed by atoms with Gasteiger partial charge < -0.3 is 10.4 Å². The number of aromatic nitrogens is 1. The van der Waals surface area contributed by atoms with Gasteiger partial charge in [0.1, 0.15) is 0 Å². The lowest BCUT2D eigenvalue weighted by Gasteiger charge is -2.24. The highest BCUT2D eigenvalue weighted by Gasteiger charge is 2.34. The van der Waals surface area contributed by atoms with Gasteiger partial charge in [-0.25, -0.2) is 0 Å². The summed E-state index contributed by atoms with van der Waals surface area (Å²) in [5, 5.41) is 12.2. The highest BCUT2D eigenvalue weighted by molar-refractivity contribution is 5.80. The first kappa shape index (κ1) is 11.7. The summed E-state index contributed by atoms with van der Waals surface area (Å²) in [4.78, 5) is 15.2. The fourth-order valence-electron chi connectivity index (χ4n) is 1.44. The van der Waals surface area contributed by atoms with Crippen molar-refractivity contribution in [3.63, 3.8) is 0 Å². The van der Waals surface area contributed by atoms with Gasteiger partial charge in [0.2, 0.25) is 0 Å². The number of pyridine rings is 1. The molecular weight excluding hydrogens is 192 g/mol. The fraction of sp³-hybridized carbons (Fsp3) is 0.455. The molecule has 15 heavy (non-hydrogen) atoms. The fourth-order valence-corrected chi connectivity index (χ4v) is 1.44. The molecule has 0 amide bonds. The van der Waals surface area contributed by atoms with E-state index in [1.54, 1.807) is 31.5 Å². The molecule has 4 heteroatoms. The minimum absolute atomic E-state index is 0.546. The molecule has 0 spiro atoms. The number of rotatable bonds is 5. The van der Waals surface area contributed by atoms with E-state index in [0.717, 1.165) is 5.56 Å². The molecule has 2 N–H and O–H groups in total. The molecule has 1 aromatic rings. The third-order valence-electron chi connectivity index (χ3n) is 2.65. The van der Waals surface area contributed by atoms with Crippen LogP contribution >= 0.6 is 0 Å². The summed E-state index contributed by atoms with van der Waals surface area (Å²) in [7, 11) is 1.81. The topological polar surface area (TPSA) is 62.2 Å². The Hall–Kier alpha value is -1.42. The smallest absolute Gasteiger partial charge is 0.313 e. The maximum atomic E-state index is 11.3. The second-order valence-corrected chi connectivity index (χ2v) is 3.73. The summed E-state index contributed by atoms with van der Waals surface area (Å²) >= 11 is 0. The predicted octanol–water partition coefficient (Wildman–Crippen LogP) is 1.03. The van der Waals surface area contributed by atoms with Crippen LogP contribution < -0.4 is 5.32 Å². The van der Waals surface area contributed by atoms with Gasteiger partial charge in [-0.05, 0) is 38.6 Å². The first-order chi connectivity index (χ1) is 7.11. The Bertz CT molecular complexity index is 327. The molecule has 1 aromatic heterocycles. The lowest BCUT2D eigenvalue weighted by atomic mass is 9.80. The van der Waals surface area contributed by atoms with Crippen molar-refractivity contribution in [2.45, 2.75) is 18.8 Å². The van der Waals surface area contributed by atoms with Gasteiger partial charge in [0.15, 0.2) is 0 Å². The number of carboxylic acids is 1. The van der Waals surface area contributed by atoms with E-state index in [-0.39, 0.29) is 0 Å². The van der Waals surface area contributed by atoms with E-state index in [0.29, 0.717) is 13.0 Å². The van der Waals surface area contributed by atoms with Crippen molar-refractivity contribution >= 4 is 5.97 Å². The molecule has 0 aliphatic rings. The van der Waals surface area contributed by atoms with Gasteiger partial charge in [-0.3, -0.25) is 9.78 Å². The molecule has 4 nitrogen and oxygen atoms in total. The molecule has 1 heterocycles. The zero-order valence-corrected chi connectivity index (χ0v) is 9.03. The SMILES string of the molecule is CNCCC(C)(C(=O)O)c1cccnc1. The first-order valence-electron chi connectivity index (χ1n) is 4.90. The van der Waals surface area contributed by atoms with Gasteiger partial charge in [-0.15, -0.1) is 0 Å². The minimum Gasteiger partial charge on any atom is -0.481 e. The first-order valence-corrected chi connectivity index (χ1v) is 4.90. The third-order valence-corrected chi connectivity index (χ3v) is 2.65. The average Bonchev–Trinajstić information content (AvgIpc) is 2.27. The van der Waals surface area contributed by atoms with Crippen LogP contribution in [0.5, 0.6) is 0 Å². The third kappa shape index (κ3) is 2.53. The van der Waals surface area contributed by atoms with Crippen LogP contribution in [0.25, 0.3) is 0 Å². The minimum atomic E-state index is -0.864. The van der Waals surface area contributed by atoms with Crippen LogP contribution in [0.2, 0.25) is 0 Å². The molecule has 1 rings (SSSR count). The van der Waals surface area contributed by atoms with Crippen molar-refractivity contribution < 1.29 is 9.90 Å². The standard InChI is InChI=1S/C11H16N2O2/c1-11(10(14)15,5-7-12-2)9-4-3-6-13-8-9/h3-4,6,8,12H,5,7H2,1-2H3,(H,14,15). The molecule has 1 atom stereocenters. The second kappa shape index (κ2) is 4.89. The Balaban J connectivity index is 2.96. The summed E-state index contributed by atoms with van der Waals surface area (Å²) in [5.74, 6) is -0.814. The van der Waals surface area contributed by atoms with Crippen LogP contribution in [-0.4, -0.2) is 29.7 Å². The van der Waals surface area contributed by atoms with Crippen LogP contribution in [0.1, 0.15) is 18.9 Å². The molecule has 0 aliphatic carbocycles. The Morgan fingerprint density at radius 2 is 2.40 bits per heavy atom. The van der Waals surface area contributed by atoms with Crippen molar-refractivity contribution in [2.75, 3.05) is 13.6 Å². The molecule has 0 saturated heterocycles. The van der Waals surface area contributed by atoms with Crippen LogP contribution in [-0.2, 0) is 10.2 Å². The Morgan fingerprint density at radius 3 is 2.87 bits per heavy atom. The summed E-state index contributed by atoms with van der Waals surface area (Å²) in [5.41, 5.74) is -0.121. The molecule has 0 radical (unpaired) electrons. The molecule has 0 fully saturated rings. The molecule has 0 aromatic carbocycles. The van der Waals surface area contributed by atoms with E-state index >= 15 is 0 Å². The summed E-state index contributed by atoms with van der Waals surface area (Å²) in [6.07, 6.45) is 3.80. The van der Waals surface area contributed by atoms with E-state index < -0.39 is 11.4 Å². The van der Waals surface area contributed by atoms with E-state index in [2.05, 4.69) is 10.3 Å². The van der Waals surface area contributed by atoms with Crippen LogP contribution in [0, 0.1) is 0 Å². The average molecular weight is 208 g/mol. The molecule has 1 unspecified atom stereocenters. The molecule has 82 valence electrons. The Morgan fingerprint density at radius 1 is 1.67 bits per heavy atom. The molecule has 0 bridgehead atoms. The summed E-state index contributed by atoms with van der Waals surface area (Å²) in [6.45, 7) is 2.39. The highest BCUT2D eigenvalue weighted by Crippen LogP contribution is 2.26. The van der Waals surface area contributed by atoms with Gasteiger partial charge in [0, 0.05) is 12.4 Å². The summed E-state index contributed by atoms with van der Waals surface area (Å²) in [6, 6.07) is 3.56. The molecular formula is C11H16N2O2. The predicted molar refractivity (Wildman–Crippen MR) is 57.8 cm³/mol. The van der Waals surface area contributed by atoms with Gasteiger partial charge in [0.25, 0.3) is 0 Å². The van der Waals surface area contributed by atoms with E-state index in [1.165, 1.54) is 0 Å². The van der Waals surface area contributed by atoms with Crippen molar-refractivity contribution in [3.8, 4) is 0 Å². The van der Waals surface area contributed by atoms with Crippen molar-refractivity contribution in [3.05, 3.63) is 30.1 Å². The maximum Gasteiger partial charge on any atom is 0.313 e. The van der Waals surface area contributed by atoms with E-state index in [9.17, 15) is 9.90 Å². The lowest BCUT2D eigenvalue weighted by Crippen LogP contribution is -2.35. The van der Waals surface area contributed by atoms with Crippen molar-refractivity contribution in [2.24, 2.45) is 0 Å². The Labute approximate surface area is 89.3 Å². The zero-order valence-electron chi connectivity index (χ0n) is 9.03. The number of nitrogens with one attached hydrogen (secondary N) is 1. The number of carboxylic acid groups (broad SMARTS) is 1. The van der Waals surface area contributed by atoms with Crippen molar-refractivity contribution in [1.82, 2.24) is 10.3 Å². The highest BCUT2D eigenvalue weighted by atomic mass is 16.4. The lowest BCUT2D eigenvalue weighted by molar-refractivity contribution is -0.143. The van der Waals surface area contributed by atoms with E-state index in [1.807, 2.05) is 7.05 Å². The van der Waals surface area contributed by atoms with Crippen LogP contribution in [0.3, 0.4) is 0 Å². The van der Waals surface area contributed by atoms with Crippen LogP contribution in [0.15, 0.2) is 24.5 Å². The monoisotopic (exact) mass is 208 g/mol. The van der Waals surface area contributed by atoms with Crippen LogP contribution in [0.4, 0.5) is 0 Å². The number of hydrogen-bond acceptors (Lipinski definition) is 3. The van der Waals surface area contributed by atoms with Gasteiger partial charge in [0.05, 0.1) is 5.41 Å². The van der Waals surface area contributed by atoms with Gasteiger partial charge in [-0.1, -0.05) is 6.07 Å². The number of aliphatic carboxylic acids is 1. The van der Waals surface area contributed by atoms with Gasteiger partial charge in [-0.2, -0.15) is 0 Å². The summed E-state index contributed by atoms with van der Waals surface area (Å²) < 4.78 is 0. The second-order valence-electron chi connectivity index (χ2n) is 3.73. The molecule has 0 aliphatic heterocycles. The normalized spacial score (nSPS) is 14.5. The largest absolute Gasteiger partial charge is 0.481 e.